The Morgan fingerprint density at radius 1 is 1.06 bits per heavy atom. The molecule has 31 heavy (non-hydrogen) atoms. The van der Waals surface area contributed by atoms with Crippen molar-refractivity contribution in [1.29, 1.82) is 0 Å². The normalized spacial score (nSPS) is 11.6. The van der Waals surface area contributed by atoms with Crippen molar-refractivity contribution in [3.05, 3.63) is 89.0 Å². The Bertz CT molecular complexity index is 1260. The van der Waals surface area contributed by atoms with Crippen LogP contribution in [0.15, 0.2) is 60.7 Å². The molecule has 0 spiro atoms. The molecule has 0 bridgehead atoms. The Morgan fingerprint density at radius 3 is 2.48 bits per heavy atom. The zero-order valence-electron chi connectivity index (χ0n) is 16.3. The fourth-order valence-electron chi connectivity index (χ4n) is 3.50. The Balaban J connectivity index is 1.90. The van der Waals surface area contributed by atoms with Crippen LogP contribution in [0.3, 0.4) is 0 Å². The number of nitrogens with one attached hydrogen (secondary N) is 1. The number of hydrogen-bond donors (Lipinski definition) is 1. The first kappa shape index (κ1) is 20.6. The molecule has 0 aliphatic carbocycles. The van der Waals surface area contributed by atoms with Gasteiger partial charge < -0.3 is 9.72 Å². The minimum atomic E-state index is -4.81. The summed E-state index contributed by atoms with van der Waals surface area (Å²) in [5.74, 6) is -1.96. The molecule has 158 valence electrons. The molecule has 0 saturated carbocycles. The number of nitrogens with zero attached hydrogens (tertiary/aromatic N) is 1. The van der Waals surface area contributed by atoms with Crippen LogP contribution in [0.25, 0.3) is 22.2 Å². The molecule has 0 unspecified atom stereocenters. The number of ether oxygens (including phenoxy) is 1. The van der Waals surface area contributed by atoms with E-state index in [0.717, 1.165) is 17.7 Å². The van der Waals surface area contributed by atoms with E-state index in [1.165, 1.54) is 13.2 Å². The zero-order valence-corrected chi connectivity index (χ0v) is 16.3. The van der Waals surface area contributed by atoms with Crippen LogP contribution in [-0.4, -0.2) is 23.0 Å². The van der Waals surface area contributed by atoms with Gasteiger partial charge >= 0.3 is 12.1 Å². The van der Waals surface area contributed by atoms with Gasteiger partial charge in [0, 0.05) is 23.0 Å². The standard InChI is InChI=1S/C23H16F4N2O2/c1-31-22(30)19-9-5-8-14(28-19)10-16-15-11-18(24)17(23(25,26)27)12-20(15)29-21(16)13-6-3-2-4-7-13/h2-9,11-12,29H,10H2,1H3. The average Bonchev–Trinajstić information content (AvgIpc) is 3.10. The molecule has 2 heterocycles. The number of rotatable bonds is 4. The number of pyridine rings is 1. The maximum absolute atomic E-state index is 14.4. The van der Waals surface area contributed by atoms with Gasteiger partial charge in [0.25, 0.3) is 0 Å². The fraction of sp³-hybridized carbons (Fsp3) is 0.130. The third-order valence-corrected chi connectivity index (χ3v) is 4.92. The van der Waals surface area contributed by atoms with Gasteiger partial charge in [0.15, 0.2) is 0 Å². The van der Waals surface area contributed by atoms with Gasteiger partial charge in [0.2, 0.25) is 0 Å². The topological polar surface area (TPSA) is 55.0 Å². The summed E-state index contributed by atoms with van der Waals surface area (Å²) in [4.78, 5) is 19.1. The van der Waals surface area contributed by atoms with Crippen LogP contribution in [0.1, 0.15) is 27.3 Å². The van der Waals surface area contributed by atoms with Crippen molar-refractivity contribution in [2.45, 2.75) is 12.6 Å². The minimum absolute atomic E-state index is 0.103. The first-order valence-electron chi connectivity index (χ1n) is 9.29. The monoisotopic (exact) mass is 428 g/mol. The fourth-order valence-corrected chi connectivity index (χ4v) is 3.50. The number of fused-ring (bicyclic) bond motifs is 1. The second-order valence-corrected chi connectivity index (χ2v) is 6.90. The van der Waals surface area contributed by atoms with Gasteiger partial charge in [-0.15, -0.1) is 0 Å². The molecular weight excluding hydrogens is 412 g/mol. The summed E-state index contributed by atoms with van der Waals surface area (Å²) in [6.07, 6.45) is -4.65. The van der Waals surface area contributed by atoms with Gasteiger partial charge in [-0.3, -0.25) is 0 Å². The molecule has 4 aromatic rings. The molecule has 0 saturated heterocycles. The van der Waals surface area contributed by atoms with Crippen molar-refractivity contribution < 1.29 is 27.1 Å². The number of hydrogen-bond acceptors (Lipinski definition) is 3. The van der Waals surface area contributed by atoms with E-state index in [2.05, 4.69) is 14.7 Å². The molecule has 1 N–H and O–H groups in total. The summed E-state index contributed by atoms with van der Waals surface area (Å²) >= 11 is 0. The highest BCUT2D eigenvalue weighted by Crippen LogP contribution is 2.38. The number of aromatic amines is 1. The third-order valence-electron chi connectivity index (χ3n) is 4.92. The lowest BCUT2D eigenvalue weighted by Gasteiger charge is -2.09. The minimum Gasteiger partial charge on any atom is -0.464 e. The molecule has 2 aromatic heterocycles. The number of carbonyl (C=O) groups is 1. The molecule has 0 aliphatic rings. The van der Waals surface area contributed by atoms with Crippen LogP contribution in [0.5, 0.6) is 0 Å². The van der Waals surface area contributed by atoms with Gasteiger partial charge in [0.1, 0.15) is 11.5 Å². The molecule has 0 fully saturated rings. The average molecular weight is 428 g/mol. The highest BCUT2D eigenvalue weighted by atomic mass is 19.4. The summed E-state index contributed by atoms with van der Waals surface area (Å²) in [6, 6.07) is 15.5. The highest BCUT2D eigenvalue weighted by molar-refractivity contribution is 5.92. The lowest BCUT2D eigenvalue weighted by molar-refractivity contribution is -0.139. The summed E-state index contributed by atoms with van der Waals surface area (Å²) in [5, 5.41) is 0.314. The Kier molecular flexibility index (Phi) is 5.22. The van der Waals surface area contributed by atoms with E-state index in [0.29, 0.717) is 22.3 Å². The maximum Gasteiger partial charge on any atom is 0.419 e. The van der Waals surface area contributed by atoms with Gasteiger partial charge in [-0.1, -0.05) is 36.4 Å². The largest absolute Gasteiger partial charge is 0.464 e. The lowest BCUT2D eigenvalue weighted by atomic mass is 10.00. The SMILES string of the molecule is COC(=O)c1cccc(Cc2c(-c3ccccc3)[nH]c3cc(C(F)(F)F)c(F)cc23)n1. The molecule has 0 atom stereocenters. The quantitative estimate of drug-likeness (QED) is 0.332. The molecule has 0 radical (unpaired) electrons. The van der Waals surface area contributed by atoms with Gasteiger partial charge in [0.05, 0.1) is 18.4 Å². The molecule has 4 rings (SSSR count). The van der Waals surface area contributed by atoms with Crippen molar-refractivity contribution in [3.63, 3.8) is 0 Å². The van der Waals surface area contributed by atoms with E-state index in [9.17, 15) is 22.4 Å². The second kappa shape index (κ2) is 7.86. The van der Waals surface area contributed by atoms with Crippen LogP contribution in [-0.2, 0) is 17.3 Å². The Hall–Kier alpha value is -3.68. The molecule has 0 aliphatic heterocycles. The van der Waals surface area contributed by atoms with E-state index < -0.39 is 23.5 Å². The van der Waals surface area contributed by atoms with Crippen molar-refractivity contribution >= 4 is 16.9 Å². The van der Waals surface area contributed by atoms with Crippen molar-refractivity contribution in [3.8, 4) is 11.3 Å². The molecule has 2 aromatic carbocycles. The van der Waals surface area contributed by atoms with Crippen molar-refractivity contribution in [2.75, 3.05) is 7.11 Å². The van der Waals surface area contributed by atoms with Crippen LogP contribution in [0.4, 0.5) is 17.6 Å². The van der Waals surface area contributed by atoms with Gasteiger partial charge in [-0.25, -0.2) is 14.2 Å². The number of H-pyrrole nitrogens is 1. The molecule has 4 nitrogen and oxygen atoms in total. The third kappa shape index (κ3) is 4.01. The lowest BCUT2D eigenvalue weighted by Crippen LogP contribution is -2.08. The number of carbonyl (C=O) groups excluding carboxylic acids is 1. The first-order chi connectivity index (χ1) is 14.8. The molecular formula is C23H16F4N2O2. The van der Waals surface area contributed by atoms with E-state index in [1.807, 2.05) is 6.07 Å². The maximum atomic E-state index is 14.4. The van der Waals surface area contributed by atoms with Crippen LogP contribution >= 0.6 is 0 Å². The molecule has 0 amide bonds. The summed E-state index contributed by atoms with van der Waals surface area (Å²) in [6.45, 7) is 0. The van der Waals surface area contributed by atoms with Crippen LogP contribution in [0, 0.1) is 5.82 Å². The van der Waals surface area contributed by atoms with E-state index in [4.69, 9.17) is 0 Å². The highest BCUT2D eigenvalue weighted by Gasteiger charge is 2.35. The summed E-state index contributed by atoms with van der Waals surface area (Å²) in [7, 11) is 1.24. The zero-order chi connectivity index (χ0) is 22.2. The molecule has 8 heteroatoms. The Morgan fingerprint density at radius 2 is 1.81 bits per heavy atom. The number of benzene rings is 2. The number of esters is 1. The first-order valence-corrected chi connectivity index (χ1v) is 9.29. The summed E-state index contributed by atoms with van der Waals surface area (Å²) in [5.41, 5.74) is 1.27. The van der Waals surface area contributed by atoms with Crippen LogP contribution < -0.4 is 0 Å². The van der Waals surface area contributed by atoms with E-state index in [-0.39, 0.29) is 17.6 Å². The van der Waals surface area contributed by atoms with Gasteiger partial charge in [-0.2, -0.15) is 13.2 Å². The number of aromatic nitrogens is 2. The second-order valence-electron chi connectivity index (χ2n) is 6.90. The van der Waals surface area contributed by atoms with E-state index >= 15 is 0 Å². The van der Waals surface area contributed by atoms with Gasteiger partial charge in [-0.05, 0) is 35.4 Å². The Labute approximate surface area is 174 Å². The van der Waals surface area contributed by atoms with E-state index in [1.54, 1.807) is 36.4 Å². The predicted molar refractivity (Wildman–Crippen MR) is 107 cm³/mol. The smallest absolute Gasteiger partial charge is 0.419 e. The van der Waals surface area contributed by atoms with Crippen LogP contribution in [0.2, 0.25) is 0 Å². The summed E-state index contributed by atoms with van der Waals surface area (Å²) < 4.78 is 58.6. The number of methoxy groups -OCH3 is 1. The van der Waals surface area contributed by atoms with Crippen molar-refractivity contribution in [1.82, 2.24) is 9.97 Å². The number of alkyl halides is 3. The van der Waals surface area contributed by atoms with Crippen molar-refractivity contribution in [2.24, 2.45) is 0 Å². The predicted octanol–water partition coefficient (Wildman–Crippen LogP) is 5.77. The number of halogens is 4.